The molecule has 2 aliphatic carbocycles. The minimum Gasteiger partial charge on any atom is -0.473 e. The third-order valence-corrected chi connectivity index (χ3v) is 8.90. The number of hydrogen-bond donors (Lipinski definition) is 0. The van der Waals surface area contributed by atoms with Crippen LogP contribution in [-0.4, -0.2) is 88.7 Å². The Balaban J connectivity index is 1.38. The summed E-state index contributed by atoms with van der Waals surface area (Å²) in [5, 5.41) is 4.41. The van der Waals surface area contributed by atoms with Crippen LogP contribution in [0.3, 0.4) is 0 Å². The van der Waals surface area contributed by atoms with Gasteiger partial charge >= 0.3 is 0 Å². The summed E-state index contributed by atoms with van der Waals surface area (Å²) in [6, 6.07) is 1.93. The Labute approximate surface area is 223 Å². The number of morpholine rings is 1. The number of carbonyl (C=O) groups excluding carboxylic acids is 2. The summed E-state index contributed by atoms with van der Waals surface area (Å²) in [4.78, 5) is 40.1. The monoisotopic (exact) mass is 523 g/mol. The normalized spacial score (nSPS) is 26.9. The van der Waals surface area contributed by atoms with E-state index in [4.69, 9.17) is 24.0 Å². The van der Waals surface area contributed by atoms with E-state index < -0.39 is 5.41 Å². The van der Waals surface area contributed by atoms with Crippen LogP contribution >= 0.6 is 0 Å². The van der Waals surface area contributed by atoms with Crippen molar-refractivity contribution in [1.29, 1.82) is 0 Å². The molecular weight excluding hydrogens is 486 g/mol. The maximum atomic E-state index is 13.5. The van der Waals surface area contributed by atoms with Crippen molar-refractivity contribution in [2.75, 3.05) is 39.9 Å². The van der Waals surface area contributed by atoms with Crippen LogP contribution in [0.4, 0.5) is 0 Å². The number of aromatic nitrogens is 3. The summed E-state index contributed by atoms with van der Waals surface area (Å²) in [7, 11) is 2.11. The van der Waals surface area contributed by atoms with Gasteiger partial charge in [-0.3, -0.25) is 14.5 Å². The van der Waals surface area contributed by atoms with Gasteiger partial charge in [0.1, 0.15) is 17.6 Å². The molecule has 38 heavy (non-hydrogen) atoms. The molecule has 2 aliphatic heterocycles. The Morgan fingerprint density at radius 1 is 1.11 bits per heavy atom. The van der Waals surface area contributed by atoms with E-state index in [-0.39, 0.29) is 29.5 Å². The zero-order valence-corrected chi connectivity index (χ0v) is 22.4. The standard InChI is InChI=1S/C28H37N5O5/c1-18(21-8-6-12-32(21)2)37-23-17-20(27(35)33-13-15-36-16-14-33)29-26(30-23)24-19-7-5-11-28(25(19)38-31-24)10-4-3-9-22(28)34/h17-18,21H,3-16H2,1-2H3/t18-,21-,28+/m0/s1. The molecule has 1 saturated carbocycles. The SMILES string of the molecule is C[C@H](Oc1cc(C(=O)N2CCOCC2)nc(-c2noc3c2CCC[C@@]32CCCCC2=O)n1)[C@@H]1CCCN1C. The molecule has 0 unspecified atom stereocenters. The van der Waals surface area contributed by atoms with E-state index in [9.17, 15) is 9.59 Å². The first-order valence-corrected chi connectivity index (χ1v) is 14.1. The Kier molecular flexibility index (Phi) is 6.94. The van der Waals surface area contributed by atoms with E-state index in [0.29, 0.717) is 55.9 Å². The quantitative estimate of drug-likeness (QED) is 0.583. The zero-order valence-electron chi connectivity index (χ0n) is 22.4. The van der Waals surface area contributed by atoms with Crippen LogP contribution in [0, 0.1) is 0 Å². The second-order valence-electron chi connectivity index (χ2n) is 11.2. The summed E-state index contributed by atoms with van der Waals surface area (Å²) in [5.41, 5.74) is 1.11. The first-order chi connectivity index (χ1) is 18.5. The van der Waals surface area contributed by atoms with Gasteiger partial charge in [-0.05, 0) is 65.5 Å². The molecular formula is C28H37N5O5. The zero-order chi connectivity index (χ0) is 26.3. The predicted octanol–water partition coefficient (Wildman–Crippen LogP) is 3.18. The third-order valence-electron chi connectivity index (χ3n) is 8.90. The molecule has 0 bridgehead atoms. The number of rotatable bonds is 5. The minimum absolute atomic E-state index is 0.106. The van der Waals surface area contributed by atoms with Crippen molar-refractivity contribution in [2.24, 2.45) is 0 Å². The van der Waals surface area contributed by atoms with Crippen LogP contribution in [0.25, 0.3) is 11.5 Å². The van der Waals surface area contributed by atoms with E-state index in [1.807, 2.05) is 6.92 Å². The molecule has 10 nitrogen and oxygen atoms in total. The fourth-order valence-electron chi connectivity index (χ4n) is 6.80. The Hall–Kier alpha value is -2.85. The first-order valence-electron chi connectivity index (χ1n) is 14.1. The van der Waals surface area contributed by atoms with Gasteiger partial charge in [0.2, 0.25) is 5.88 Å². The average Bonchev–Trinajstić information content (AvgIpc) is 3.57. The molecule has 1 amide bonds. The molecule has 2 saturated heterocycles. The molecule has 1 spiro atoms. The fraction of sp³-hybridized carbons (Fsp3) is 0.679. The third kappa shape index (κ3) is 4.51. The minimum atomic E-state index is -0.584. The Morgan fingerprint density at radius 3 is 2.68 bits per heavy atom. The lowest BCUT2D eigenvalue weighted by atomic mass is 9.64. The van der Waals surface area contributed by atoms with Gasteiger partial charge in [0.25, 0.3) is 5.91 Å². The highest BCUT2D eigenvalue weighted by Gasteiger charge is 2.48. The van der Waals surface area contributed by atoms with Crippen molar-refractivity contribution in [3.63, 3.8) is 0 Å². The van der Waals surface area contributed by atoms with Gasteiger partial charge in [-0.25, -0.2) is 4.98 Å². The van der Waals surface area contributed by atoms with E-state index in [0.717, 1.165) is 63.5 Å². The van der Waals surface area contributed by atoms with Crippen LogP contribution in [0.1, 0.15) is 80.1 Å². The number of likely N-dealkylation sites (N-methyl/N-ethyl adjacent to an activating group) is 1. The molecule has 2 aromatic heterocycles. The van der Waals surface area contributed by atoms with Gasteiger partial charge < -0.3 is 18.9 Å². The number of nitrogens with zero attached hydrogens (tertiary/aromatic N) is 5. The van der Waals surface area contributed by atoms with Gasteiger partial charge in [-0.1, -0.05) is 11.6 Å². The molecule has 0 radical (unpaired) electrons. The number of ketones is 1. The van der Waals surface area contributed by atoms with E-state index in [1.54, 1.807) is 11.0 Å². The van der Waals surface area contributed by atoms with Gasteiger partial charge in [-0.2, -0.15) is 4.98 Å². The van der Waals surface area contributed by atoms with Crippen LogP contribution in [0.15, 0.2) is 10.6 Å². The Bertz CT molecular complexity index is 1210. The van der Waals surface area contributed by atoms with Crippen LogP contribution in [0.2, 0.25) is 0 Å². The highest BCUT2D eigenvalue weighted by molar-refractivity contribution is 5.93. The molecule has 4 heterocycles. The number of hydrogen-bond acceptors (Lipinski definition) is 9. The second-order valence-corrected chi connectivity index (χ2v) is 11.2. The molecule has 2 aromatic rings. The smallest absolute Gasteiger partial charge is 0.272 e. The largest absolute Gasteiger partial charge is 0.473 e. The summed E-state index contributed by atoms with van der Waals surface area (Å²) in [6.45, 7) is 5.13. The van der Waals surface area contributed by atoms with Crippen LogP contribution < -0.4 is 4.74 Å². The van der Waals surface area contributed by atoms with Crippen molar-refractivity contribution in [3.05, 3.63) is 23.1 Å². The molecule has 10 heteroatoms. The number of fused-ring (bicyclic) bond motifs is 2. The van der Waals surface area contributed by atoms with Crippen LogP contribution in [-0.2, 0) is 21.4 Å². The lowest BCUT2D eigenvalue weighted by molar-refractivity contribution is -0.128. The maximum Gasteiger partial charge on any atom is 0.272 e. The Morgan fingerprint density at radius 2 is 1.92 bits per heavy atom. The van der Waals surface area contributed by atoms with Crippen molar-refractivity contribution in [2.45, 2.75) is 82.3 Å². The van der Waals surface area contributed by atoms with Crippen molar-refractivity contribution < 1.29 is 23.6 Å². The number of ether oxygens (including phenoxy) is 2. The second kappa shape index (κ2) is 10.4. The van der Waals surface area contributed by atoms with E-state index >= 15 is 0 Å². The van der Waals surface area contributed by atoms with Crippen molar-refractivity contribution in [1.82, 2.24) is 24.9 Å². The molecule has 6 rings (SSSR count). The number of likely N-dealkylation sites (tertiary alicyclic amines) is 1. The molecule has 4 aliphatic rings. The molecule has 0 N–H and O–H groups in total. The highest BCUT2D eigenvalue weighted by Crippen LogP contribution is 2.47. The topological polar surface area (TPSA) is 111 Å². The van der Waals surface area contributed by atoms with Gasteiger partial charge in [0, 0.05) is 37.2 Å². The molecule has 204 valence electrons. The molecule has 3 fully saturated rings. The predicted molar refractivity (Wildman–Crippen MR) is 138 cm³/mol. The van der Waals surface area contributed by atoms with Crippen LogP contribution in [0.5, 0.6) is 5.88 Å². The maximum absolute atomic E-state index is 13.5. The number of carbonyl (C=O) groups is 2. The lowest BCUT2D eigenvalue weighted by Gasteiger charge is -2.36. The summed E-state index contributed by atoms with van der Waals surface area (Å²) in [6.07, 6.45) is 7.83. The van der Waals surface area contributed by atoms with Gasteiger partial charge in [0.15, 0.2) is 17.3 Å². The lowest BCUT2D eigenvalue weighted by Crippen LogP contribution is -2.41. The summed E-state index contributed by atoms with van der Waals surface area (Å²) in [5.74, 6) is 1.43. The highest BCUT2D eigenvalue weighted by atomic mass is 16.5. The molecule has 0 aromatic carbocycles. The number of Topliss-reactive ketones (excluding diaryl/α,β-unsaturated/α-hetero) is 1. The van der Waals surface area contributed by atoms with Crippen molar-refractivity contribution >= 4 is 11.7 Å². The first kappa shape index (κ1) is 25.4. The van der Waals surface area contributed by atoms with Crippen molar-refractivity contribution in [3.8, 4) is 17.4 Å². The average molecular weight is 524 g/mol. The number of amides is 1. The summed E-state index contributed by atoms with van der Waals surface area (Å²) >= 11 is 0. The fourth-order valence-corrected chi connectivity index (χ4v) is 6.80. The summed E-state index contributed by atoms with van der Waals surface area (Å²) < 4.78 is 17.7. The van der Waals surface area contributed by atoms with Gasteiger partial charge in [0.05, 0.1) is 18.6 Å². The van der Waals surface area contributed by atoms with E-state index in [1.165, 1.54) is 0 Å². The van der Waals surface area contributed by atoms with Gasteiger partial charge in [-0.15, -0.1) is 0 Å². The molecule has 3 atom stereocenters. The van der Waals surface area contributed by atoms with E-state index in [2.05, 4.69) is 17.1 Å².